The van der Waals surface area contributed by atoms with Crippen molar-refractivity contribution in [3.8, 4) is 0 Å². The maximum atomic E-state index is 6.34. The van der Waals surface area contributed by atoms with Crippen molar-refractivity contribution in [2.24, 2.45) is 5.73 Å². The van der Waals surface area contributed by atoms with E-state index >= 15 is 0 Å². The van der Waals surface area contributed by atoms with Crippen LogP contribution in [0.25, 0.3) is 0 Å². The molecule has 1 aromatic carbocycles. The lowest BCUT2D eigenvalue weighted by Crippen LogP contribution is -2.34. The first-order valence-electron chi connectivity index (χ1n) is 7.13. The molecule has 22 heavy (non-hydrogen) atoms. The fourth-order valence-electron chi connectivity index (χ4n) is 2.76. The first kappa shape index (κ1) is 17.7. The molecular formula is C15H18BrCl2N3O. The van der Waals surface area contributed by atoms with Crippen molar-refractivity contribution in [1.82, 2.24) is 10.1 Å². The Labute approximate surface area is 149 Å². The van der Waals surface area contributed by atoms with Crippen molar-refractivity contribution in [3.63, 3.8) is 0 Å². The highest BCUT2D eigenvalue weighted by Gasteiger charge is 2.35. The van der Waals surface area contributed by atoms with Crippen molar-refractivity contribution in [3.05, 3.63) is 45.0 Å². The molecule has 1 heterocycles. The molecule has 0 saturated heterocycles. The maximum Gasteiger partial charge on any atom is 0.227 e. The molecule has 0 bridgehead atoms. The van der Waals surface area contributed by atoms with E-state index in [1.54, 1.807) is 0 Å². The Morgan fingerprint density at radius 1 is 1.27 bits per heavy atom. The van der Waals surface area contributed by atoms with Gasteiger partial charge in [-0.15, -0.1) is 12.4 Å². The third-order valence-corrected chi connectivity index (χ3v) is 5.03. The maximum absolute atomic E-state index is 6.34. The van der Waals surface area contributed by atoms with Crippen LogP contribution in [0.15, 0.2) is 27.2 Å². The molecule has 120 valence electrons. The second kappa shape index (κ2) is 7.30. The standard InChI is InChI=1S/C15H17BrClN3O.ClH/c16-12-5-4-11(17)9-10(12)3-6-13-19-14(20-21-13)15(18)7-1-2-8-15;/h4-5,9H,1-3,6-8,18H2;1H. The van der Waals surface area contributed by atoms with Gasteiger partial charge in [-0.3, -0.25) is 0 Å². The number of nitrogens with zero attached hydrogens (tertiary/aromatic N) is 2. The summed E-state index contributed by atoms with van der Waals surface area (Å²) in [4.78, 5) is 4.48. The van der Waals surface area contributed by atoms with E-state index in [4.69, 9.17) is 21.9 Å². The van der Waals surface area contributed by atoms with E-state index in [1.807, 2.05) is 18.2 Å². The van der Waals surface area contributed by atoms with E-state index < -0.39 is 5.54 Å². The van der Waals surface area contributed by atoms with Gasteiger partial charge < -0.3 is 10.3 Å². The molecule has 0 atom stereocenters. The lowest BCUT2D eigenvalue weighted by molar-refractivity contribution is 0.348. The molecule has 0 radical (unpaired) electrons. The number of halogens is 3. The Hall–Kier alpha value is -0.620. The van der Waals surface area contributed by atoms with Crippen LogP contribution in [0.3, 0.4) is 0 Å². The molecule has 1 aliphatic carbocycles. The fourth-order valence-corrected chi connectivity index (χ4v) is 3.40. The van der Waals surface area contributed by atoms with Crippen LogP contribution in [0, 0.1) is 0 Å². The number of aryl methyl sites for hydroxylation is 2. The molecule has 3 rings (SSSR count). The van der Waals surface area contributed by atoms with Gasteiger partial charge in [-0.25, -0.2) is 0 Å². The predicted molar refractivity (Wildman–Crippen MR) is 92.4 cm³/mol. The first-order chi connectivity index (χ1) is 10.1. The van der Waals surface area contributed by atoms with Crippen LogP contribution in [-0.4, -0.2) is 10.1 Å². The van der Waals surface area contributed by atoms with Crippen LogP contribution in [0.2, 0.25) is 5.02 Å². The third-order valence-electron chi connectivity index (χ3n) is 4.03. The Bertz CT molecular complexity index is 641. The normalized spacial score (nSPS) is 16.5. The number of hydrogen-bond donors (Lipinski definition) is 1. The zero-order valence-electron chi connectivity index (χ0n) is 12.0. The van der Waals surface area contributed by atoms with Gasteiger partial charge in [0.1, 0.15) is 0 Å². The summed E-state index contributed by atoms with van der Waals surface area (Å²) in [5, 5.41) is 4.80. The van der Waals surface area contributed by atoms with Crippen molar-refractivity contribution in [2.75, 3.05) is 0 Å². The Kier molecular flexibility index (Phi) is 5.88. The summed E-state index contributed by atoms with van der Waals surface area (Å²) < 4.78 is 6.38. The lowest BCUT2D eigenvalue weighted by atomic mass is 9.99. The number of hydrogen-bond acceptors (Lipinski definition) is 4. The topological polar surface area (TPSA) is 64.9 Å². The smallest absolute Gasteiger partial charge is 0.227 e. The molecule has 0 aliphatic heterocycles. The molecule has 4 nitrogen and oxygen atoms in total. The number of nitrogens with two attached hydrogens (primary N) is 1. The van der Waals surface area contributed by atoms with Gasteiger partial charge in [-0.05, 0) is 43.0 Å². The summed E-state index contributed by atoms with van der Waals surface area (Å²) >= 11 is 9.54. The van der Waals surface area contributed by atoms with E-state index in [0.717, 1.165) is 47.2 Å². The van der Waals surface area contributed by atoms with Gasteiger partial charge in [0.05, 0.1) is 5.54 Å². The van der Waals surface area contributed by atoms with Crippen LogP contribution < -0.4 is 5.73 Å². The van der Waals surface area contributed by atoms with Gasteiger partial charge in [-0.2, -0.15) is 4.98 Å². The Morgan fingerprint density at radius 2 is 2.00 bits per heavy atom. The fraction of sp³-hybridized carbons (Fsp3) is 0.467. The van der Waals surface area contributed by atoms with Crippen LogP contribution in [0.4, 0.5) is 0 Å². The van der Waals surface area contributed by atoms with Crippen LogP contribution in [0.1, 0.15) is 43.0 Å². The van der Waals surface area contributed by atoms with Gasteiger partial charge >= 0.3 is 0 Å². The average molecular weight is 407 g/mol. The van der Waals surface area contributed by atoms with Crippen molar-refractivity contribution >= 4 is 39.9 Å². The summed E-state index contributed by atoms with van der Waals surface area (Å²) in [6.45, 7) is 0. The molecule has 1 saturated carbocycles. The Balaban J connectivity index is 0.00000176. The minimum absolute atomic E-state index is 0. The zero-order chi connectivity index (χ0) is 14.9. The van der Waals surface area contributed by atoms with Gasteiger partial charge in [0.15, 0.2) is 5.82 Å². The minimum atomic E-state index is -0.390. The molecule has 1 aromatic heterocycles. The lowest BCUT2D eigenvalue weighted by Gasteiger charge is -2.17. The molecule has 7 heteroatoms. The van der Waals surface area contributed by atoms with Crippen molar-refractivity contribution in [1.29, 1.82) is 0 Å². The highest BCUT2D eigenvalue weighted by Crippen LogP contribution is 2.34. The van der Waals surface area contributed by atoms with E-state index in [-0.39, 0.29) is 12.4 Å². The molecule has 0 unspecified atom stereocenters. The first-order valence-corrected chi connectivity index (χ1v) is 8.30. The molecule has 2 aromatic rings. The highest BCUT2D eigenvalue weighted by atomic mass is 79.9. The molecule has 1 aliphatic rings. The molecular weight excluding hydrogens is 389 g/mol. The van der Waals surface area contributed by atoms with E-state index in [1.165, 1.54) is 0 Å². The SMILES string of the molecule is Cl.NC1(c2noc(CCc3cc(Cl)ccc3Br)n2)CCCC1. The van der Waals surface area contributed by atoms with Gasteiger partial charge in [-0.1, -0.05) is 45.5 Å². The van der Waals surface area contributed by atoms with E-state index in [2.05, 4.69) is 26.1 Å². The summed E-state index contributed by atoms with van der Waals surface area (Å²) in [6, 6.07) is 5.76. The quantitative estimate of drug-likeness (QED) is 0.815. The second-order valence-electron chi connectivity index (χ2n) is 5.61. The van der Waals surface area contributed by atoms with Crippen molar-refractivity contribution in [2.45, 2.75) is 44.1 Å². The largest absolute Gasteiger partial charge is 0.339 e. The molecule has 1 fully saturated rings. The van der Waals surface area contributed by atoms with Gasteiger partial charge in [0, 0.05) is 15.9 Å². The monoisotopic (exact) mass is 405 g/mol. The van der Waals surface area contributed by atoms with Crippen LogP contribution in [0.5, 0.6) is 0 Å². The predicted octanol–water partition coefficient (Wildman–Crippen LogP) is 4.42. The van der Waals surface area contributed by atoms with Gasteiger partial charge in [0.25, 0.3) is 0 Å². The third kappa shape index (κ3) is 3.82. The molecule has 2 N–H and O–H groups in total. The highest BCUT2D eigenvalue weighted by molar-refractivity contribution is 9.10. The van der Waals surface area contributed by atoms with Crippen LogP contribution >= 0.6 is 39.9 Å². The number of rotatable bonds is 4. The number of aromatic nitrogens is 2. The zero-order valence-corrected chi connectivity index (χ0v) is 15.2. The summed E-state index contributed by atoms with van der Waals surface area (Å²) in [6.07, 6.45) is 5.62. The second-order valence-corrected chi connectivity index (χ2v) is 6.90. The number of benzene rings is 1. The average Bonchev–Trinajstić information content (AvgIpc) is 3.10. The van der Waals surface area contributed by atoms with Gasteiger partial charge in [0.2, 0.25) is 5.89 Å². The van der Waals surface area contributed by atoms with Crippen molar-refractivity contribution < 1.29 is 4.52 Å². The summed E-state index contributed by atoms with van der Waals surface area (Å²) in [7, 11) is 0. The molecule has 0 spiro atoms. The molecule has 0 amide bonds. The van der Waals surface area contributed by atoms with E-state index in [0.29, 0.717) is 18.1 Å². The summed E-state index contributed by atoms with van der Waals surface area (Å²) in [5.41, 5.74) is 7.07. The Morgan fingerprint density at radius 3 is 2.73 bits per heavy atom. The van der Waals surface area contributed by atoms with E-state index in [9.17, 15) is 0 Å². The minimum Gasteiger partial charge on any atom is -0.339 e. The summed E-state index contributed by atoms with van der Waals surface area (Å²) in [5.74, 6) is 1.29. The van der Waals surface area contributed by atoms with Crippen LogP contribution in [-0.2, 0) is 18.4 Å².